The number of ether oxygens (including phenoxy) is 2. The topological polar surface area (TPSA) is 85.3 Å². The Kier molecular flexibility index (Phi) is 5.52. The fraction of sp³-hybridized carbons (Fsp3) is 0.385. The molecule has 1 rings (SSSR count). The standard InChI is InChI=1S/C13H16N2O3/c1-17-12-9-10(15)5-6-11(12)13(16)18-8-4-2-3-7-14/h5-6,9H,2-4,8,15H2,1H3. The minimum absolute atomic E-state index is 0.300. The van der Waals surface area contributed by atoms with Gasteiger partial charge >= 0.3 is 5.97 Å². The molecule has 0 spiro atoms. The van der Waals surface area contributed by atoms with Crippen LogP contribution in [0.2, 0.25) is 0 Å². The molecule has 0 bridgehead atoms. The van der Waals surface area contributed by atoms with Gasteiger partial charge in [0.2, 0.25) is 0 Å². The molecule has 0 heterocycles. The zero-order valence-electron chi connectivity index (χ0n) is 10.3. The van der Waals surface area contributed by atoms with Gasteiger partial charge in [-0.1, -0.05) is 0 Å². The van der Waals surface area contributed by atoms with Crippen LogP contribution in [0, 0.1) is 11.3 Å². The highest BCUT2D eigenvalue weighted by Crippen LogP contribution is 2.22. The van der Waals surface area contributed by atoms with Gasteiger partial charge in [0.05, 0.1) is 19.8 Å². The van der Waals surface area contributed by atoms with Crippen LogP contribution in [0.25, 0.3) is 0 Å². The third kappa shape index (κ3) is 3.98. The van der Waals surface area contributed by atoms with E-state index in [-0.39, 0.29) is 0 Å². The Morgan fingerprint density at radius 1 is 1.44 bits per heavy atom. The van der Waals surface area contributed by atoms with Crippen molar-refractivity contribution in [3.8, 4) is 11.8 Å². The summed E-state index contributed by atoms with van der Waals surface area (Å²) in [6, 6.07) is 6.81. The van der Waals surface area contributed by atoms with E-state index in [1.165, 1.54) is 7.11 Å². The van der Waals surface area contributed by atoms with Gasteiger partial charge in [0, 0.05) is 18.2 Å². The Balaban J connectivity index is 2.54. The lowest BCUT2D eigenvalue weighted by atomic mass is 10.2. The second kappa shape index (κ2) is 7.17. The van der Waals surface area contributed by atoms with Crippen molar-refractivity contribution in [2.75, 3.05) is 19.5 Å². The third-order valence-corrected chi connectivity index (χ3v) is 2.36. The Morgan fingerprint density at radius 3 is 2.89 bits per heavy atom. The number of methoxy groups -OCH3 is 1. The Hall–Kier alpha value is -2.22. The second-order valence-electron chi connectivity index (χ2n) is 3.71. The molecule has 0 aromatic heterocycles. The first-order chi connectivity index (χ1) is 8.69. The number of benzene rings is 1. The van der Waals surface area contributed by atoms with Crippen LogP contribution in [0.3, 0.4) is 0 Å². The number of unbranched alkanes of at least 4 members (excludes halogenated alkanes) is 2. The number of rotatable bonds is 6. The monoisotopic (exact) mass is 248 g/mol. The van der Waals surface area contributed by atoms with Crippen LogP contribution in [0.1, 0.15) is 29.6 Å². The lowest BCUT2D eigenvalue weighted by Crippen LogP contribution is -2.08. The van der Waals surface area contributed by atoms with Crippen molar-refractivity contribution in [2.24, 2.45) is 0 Å². The normalized spacial score (nSPS) is 9.56. The fourth-order valence-electron chi connectivity index (χ4n) is 1.43. The summed E-state index contributed by atoms with van der Waals surface area (Å²) in [4.78, 5) is 11.8. The van der Waals surface area contributed by atoms with Crippen molar-refractivity contribution in [2.45, 2.75) is 19.3 Å². The number of anilines is 1. The molecule has 18 heavy (non-hydrogen) atoms. The zero-order valence-corrected chi connectivity index (χ0v) is 10.3. The van der Waals surface area contributed by atoms with E-state index in [2.05, 4.69) is 0 Å². The maximum absolute atomic E-state index is 11.8. The summed E-state index contributed by atoms with van der Waals surface area (Å²) in [5, 5.41) is 8.36. The number of nitrogen functional groups attached to an aromatic ring is 1. The van der Waals surface area contributed by atoms with Crippen LogP contribution in [0.4, 0.5) is 5.69 Å². The first-order valence-corrected chi connectivity index (χ1v) is 5.66. The first kappa shape index (κ1) is 13.8. The Morgan fingerprint density at radius 2 is 2.22 bits per heavy atom. The molecule has 0 saturated heterocycles. The summed E-state index contributed by atoms with van der Waals surface area (Å²) >= 11 is 0. The van der Waals surface area contributed by atoms with Gasteiger partial charge in [-0.05, 0) is 25.0 Å². The Labute approximate surface area is 106 Å². The third-order valence-electron chi connectivity index (χ3n) is 2.36. The predicted octanol–water partition coefficient (Wildman–Crippen LogP) is 2.13. The summed E-state index contributed by atoms with van der Waals surface area (Å²) < 4.78 is 10.2. The molecule has 96 valence electrons. The van der Waals surface area contributed by atoms with Crippen molar-refractivity contribution in [1.29, 1.82) is 5.26 Å². The van der Waals surface area contributed by atoms with Gasteiger partial charge in [0.25, 0.3) is 0 Å². The van der Waals surface area contributed by atoms with Crippen LogP contribution in [0.15, 0.2) is 18.2 Å². The maximum Gasteiger partial charge on any atom is 0.341 e. The molecule has 0 aliphatic carbocycles. The number of esters is 1. The van der Waals surface area contributed by atoms with Crippen molar-refractivity contribution in [1.82, 2.24) is 0 Å². The van der Waals surface area contributed by atoms with Crippen molar-refractivity contribution >= 4 is 11.7 Å². The molecule has 2 N–H and O–H groups in total. The van der Waals surface area contributed by atoms with Gasteiger partial charge in [0.15, 0.2) is 0 Å². The number of nitrogens with zero attached hydrogens (tertiary/aromatic N) is 1. The molecular weight excluding hydrogens is 232 g/mol. The summed E-state index contributed by atoms with van der Waals surface area (Å²) in [6.45, 7) is 0.300. The van der Waals surface area contributed by atoms with Crippen LogP contribution < -0.4 is 10.5 Å². The minimum atomic E-state index is -0.441. The minimum Gasteiger partial charge on any atom is -0.496 e. The van der Waals surface area contributed by atoms with E-state index in [0.29, 0.717) is 36.4 Å². The second-order valence-corrected chi connectivity index (χ2v) is 3.71. The number of nitrogens with two attached hydrogens (primary N) is 1. The predicted molar refractivity (Wildman–Crippen MR) is 67.2 cm³/mol. The van der Waals surface area contributed by atoms with Crippen LogP contribution in [-0.4, -0.2) is 19.7 Å². The van der Waals surface area contributed by atoms with Gasteiger partial charge < -0.3 is 15.2 Å². The molecular formula is C13H16N2O3. The molecule has 5 heteroatoms. The molecule has 0 unspecified atom stereocenters. The summed E-state index contributed by atoms with van der Waals surface area (Å²) in [5.74, 6) is -0.0409. The van der Waals surface area contributed by atoms with Crippen molar-refractivity contribution in [3.05, 3.63) is 23.8 Å². The molecule has 0 fully saturated rings. The van der Waals surface area contributed by atoms with Gasteiger partial charge in [-0.2, -0.15) is 5.26 Å². The van der Waals surface area contributed by atoms with E-state index in [0.717, 1.165) is 6.42 Å². The van der Waals surface area contributed by atoms with Gasteiger partial charge in [-0.15, -0.1) is 0 Å². The van der Waals surface area contributed by atoms with E-state index in [1.807, 2.05) is 6.07 Å². The highest BCUT2D eigenvalue weighted by atomic mass is 16.5. The van der Waals surface area contributed by atoms with Crippen LogP contribution in [-0.2, 0) is 4.74 Å². The molecule has 1 aromatic carbocycles. The zero-order chi connectivity index (χ0) is 13.4. The van der Waals surface area contributed by atoms with E-state index in [1.54, 1.807) is 18.2 Å². The van der Waals surface area contributed by atoms with E-state index in [4.69, 9.17) is 20.5 Å². The SMILES string of the molecule is COc1cc(N)ccc1C(=O)OCCCCC#N. The molecule has 1 aromatic rings. The molecule has 0 amide bonds. The molecule has 5 nitrogen and oxygen atoms in total. The molecule has 0 aliphatic heterocycles. The highest BCUT2D eigenvalue weighted by Gasteiger charge is 2.13. The molecule has 0 atom stereocenters. The summed E-state index contributed by atoms with van der Waals surface area (Å²) in [7, 11) is 1.47. The summed E-state index contributed by atoms with van der Waals surface area (Å²) in [5.41, 5.74) is 6.47. The quantitative estimate of drug-likeness (QED) is 0.473. The Bertz CT molecular complexity index is 452. The molecule has 0 radical (unpaired) electrons. The van der Waals surface area contributed by atoms with E-state index < -0.39 is 5.97 Å². The number of nitriles is 1. The van der Waals surface area contributed by atoms with Crippen LogP contribution >= 0.6 is 0 Å². The van der Waals surface area contributed by atoms with E-state index in [9.17, 15) is 4.79 Å². The number of carbonyl (C=O) groups excluding carboxylic acids is 1. The van der Waals surface area contributed by atoms with Gasteiger partial charge in [-0.3, -0.25) is 0 Å². The lowest BCUT2D eigenvalue weighted by Gasteiger charge is -2.09. The number of hydrogen-bond donors (Lipinski definition) is 1. The average Bonchev–Trinajstić information content (AvgIpc) is 2.38. The maximum atomic E-state index is 11.8. The highest BCUT2D eigenvalue weighted by molar-refractivity contribution is 5.93. The largest absolute Gasteiger partial charge is 0.496 e. The van der Waals surface area contributed by atoms with Gasteiger partial charge in [0.1, 0.15) is 11.3 Å². The molecule has 0 saturated carbocycles. The van der Waals surface area contributed by atoms with Crippen molar-refractivity contribution < 1.29 is 14.3 Å². The first-order valence-electron chi connectivity index (χ1n) is 5.66. The lowest BCUT2D eigenvalue weighted by molar-refractivity contribution is 0.0495. The van der Waals surface area contributed by atoms with Crippen LogP contribution in [0.5, 0.6) is 5.75 Å². The summed E-state index contributed by atoms with van der Waals surface area (Å²) in [6.07, 6.45) is 1.88. The number of hydrogen-bond acceptors (Lipinski definition) is 5. The van der Waals surface area contributed by atoms with Crippen molar-refractivity contribution in [3.63, 3.8) is 0 Å². The average molecular weight is 248 g/mol. The smallest absolute Gasteiger partial charge is 0.341 e. The molecule has 0 aliphatic rings. The van der Waals surface area contributed by atoms with E-state index >= 15 is 0 Å². The fourth-order valence-corrected chi connectivity index (χ4v) is 1.43. The van der Waals surface area contributed by atoms with Gasteiger partial charge in [-0.25, -0.2) is 4.79 Å². The number of carbonyl (C=O) groups is 1.